The molecule has 12 heteroatoms. The Morgan fingerprint density at radius 3 is 2.37 bits per heavy atom. The number of aromatic nitrogens is 4. The molecular formula is C18H16ClF3N6O2. The van der Waals surface area contributed by atoms with Gasteiger partial charge >= 0.3 is 6.18 Å². The second kappa shape index (κ2) is 8.19. The van der Waals surface area contributed by atoms with Crippen LogP contribution in [0.3, 0.4) is 0 Å². The Kier molecular flexibility index (Phi) is 5.83. The number of nitrogens with zero attached hydrogens (tertiary/aromatic N) is 4. The number of nitrogens with one attached hydrogen (secondary N) is 2. The lowest BCUT2D eigenvalue weighted by atomic mass is 10.2. The van der Waals surface area contributed by atoms with Gasteiger partial charge in [0.25, 0.3) is 5.91 Å². The van der Waals surface area contributed by atoms with Gasteiger partial charge in [0.2, 0.25) is 5.91 Å². The first-order valence-electron chi connectivity index (χ1n) is 8.55. The van der Waals surface area contributed by atoms with Crippen molar-refractivity contribution in [3.05, 3.63) is 58.6 Å². The number of benzene rings is 1. The van der Waals surface area contributed by atoms with Gasteiger partial charge in [0.1, 0.15) is 6.54 Å². The minimum absolute atomic E-state index is 0.0236. The van der Waals surface area contributed by atoms with Crippen molar-refractivity contribution >= 4 is 34.8 Å². The van der Waals surface area contributed by atoms with Crippen molar-refractivity contribution in [1.29, 1.82) is 0 Å². The number of carbonyl (C=O) groups is 2. The van der Waals surface area contributed by atoms with Crippen molar-refractivity contribution in [3.8, 4) is 0 Å². The Morgan fingerprint density at radius 2 is 1.80 bits per heavy atom. The van der Waals surface area contributed by atoms with Crippen molar-refractivity contribution in [2.24, 2.45) is 7.05 Å². The molecule has 0 saturated carbocycles. The van der Waals surface area contributed by atoms with Crippen LogP contribution in [0.1, 0.15) is 21.9 Å². The van der Waals surface area contributed by atoms with Crippen LogP contribution in [-0.2, 0) is 24.6 Å². The molecule has 0 spiro atoms. The van der Waals surface area contributed by atoms with Crippen LogP contribution in [0.25, 0.3) is 0 Å². The molecule has 8 nitrogen and oxygen atoms in total. The first kappa shape index (κ1) is 21.4. The number of carbonyl (C=O) groups excluding carboxylic acids is 2. The summed E-state index contributed by atoms with van der Waals surface area (Å²) in [6, 6.07) is 7.83. The van der Waals surface area contributed by atoms with Gasteiger partial charge in [-0.3, -0.25) is 19.0 Å². The summed E-state index contributed by atoms with van der Waals surface area (Å²) in [5, 5.41) is 12.0. The fourth-order valence-electron chi connectivity index (χ4n) is 2.60. The molecule has 0 atom stereocenters. The predicted molar refractivity (Wildman–Crippen MR) is 103 cm³/mol. The smallest absolute Gasteiger partial charge is 0.324 e. The zero-order chi connectivity index (χ0) is 22.1. The van der Waals surface area contributed by atoms with Crippen LogP contribution in [0.4, 0.5) is 24.5 Å². The summed E-state index contributed by atoms with van der Waals surface area (Å²) >= 11 is 5.68. The van der Waals surface area contributed by atoms with Crippen LogP contribution in [0.15, 0.2) is 36.5 Å². The maximum absolute atomic E-state index is 12.9. The molecule has 0 aliphatic rings. The Morgan fingerprint density at radius 1 is 1.13 bits per heavy atom. The molecule has 0 fully saturated rings. The number of hydrogen-bond acceptors (Lipinski definition) is 4. The van der Waals surface area contributed by atoms with Gasteiger partial charge in [0.15, 0.2) is 11.4 Å². The van der Waals surface area contributed by atoms with Gasteiger partial charge in [-0.25, -0.2) is 0 Å². The quantitative estimate of drug-likeness (QED) is 0.635. The third-order valence-electron chi connectivity index (χ3n) is 4.05. The van der Waals surface area contributed by atoms with Crippen LogP contribution >= 0.6 is 11.6 Å². The van der Waals surface area contributed by atoms with E-state index in [1.54, 1.807) is 37.5 Å². The third-order valence-corrected chi connectivity index (χ3v) is 4.50. The lowest BCUT2D eigenvalue weighted by Gasteiger charge is -2.09. The molecule has 0 aliphatic carbocycles. The highest BCUT2D eigenvalue weighted by molar-refractivity contribution is 6.32. The summed E-state index contributed by atoms with van der Waals surface area (Å²) < 4.78 is 41.1. The number of aryl methyl sites for hydroxylation is 1. The largest absolute Gasteiger partial charge is 0.436 e. The Bertz CT molecular complexity index is 1110. The van der Waals surface area contributed by atoms with E-state index in [1.165, 1.54) is 17.7 Å². The highest BCUT2D eigenvalue weighted by atomic mass is 35.5. The molecule has 2 aromatic heterocycles. The van der Waals surface area contributed by atoms with Crippen LogP contribution in [0, 0.1) is 6.92 Å². The first-order chi connectivity index (χ1) is 14.0. The maximum Gasteiger partial charge on any atom is 0.436 e. The molecule has 2 heterocycles. The number of alkyl halides is 3. The molecule has 3 rings (SSSR count). The van der Waals surface area contributed by atoms with Crippen LogP contribution in [0.2, 0.25) is 5.02 Å². The number of halogens is 4. The zero-order valence-corrected chi connectivity index (χ0v) is 16.5. The van der Waals surface area contributed by atoms with Crippen LogP contribution in [-0.4, -0.2) is 31.4 Å². The normalized spacial score (nSPS) is 11.4. The molecule has 2 amide bonds. The summed E-state index contributed by atoms with van der Waals surface area (Å²) in [6.07, 6.45) is -3.09. The van der Waals surface area contributed by atoms with Crippen molar-refractivity contribution < 1.29 is 22.8 Å². The zero-order valence-electron chi connectivity index (χ0n) is 15.8. The first-order valence-corrected chi connectivity index (χ1v) is 8.93. The van der Waals surface area contributed by atoms with Gasteiger partial charge in [-0.15, -0.1) is 0 Å². The van der Waals surface area contributed by atoms with Gasteiger partial charge in [0, 0.05) is 24.6 Å². The van der Waals surface area contributed by atoms with E-state index < -0.39 is 35.3 Å². The number of anilines is 2. The maximum atomic E-state index is 12.9. The predicted octanol–water partition coefficient (Wildman–Crippen LogP) is 3.49. The average molecular weight is 441 g/mol. The van der Waals surface area contributed by atoms with Crippen LogP contribution in [0.5, 0.6) is 0 Å². The summed E-state index contributed by atoms with van der Waals surface area (Å²) in [4.78, 5) is 24.4. The lowest BCUT2D eigenvalue weighted by molar-refractivity contribution is -0.141. The van der Waals surface area contributed by atoms with E-state index in [-0.39, 0.29) is 11.4 Å². The molecule has 0 aliphatic heterocycles. The van der Waals surface area contributed by atoms with E-state index in [2.05, 4.69) is 20.8 Å². The van der Waals surface area contributed by atoms with Crippen molar-refractivity contribution in [3.63, 3.8) is 0 Å². The summed E-state index contributed by atoms with van der Waals surface area (Å²) in [5.74, 6) is -1.04. The molecule has 158 valence electrons. The van der Waals surface area contributed by atoms with Gasteiger partial charge in [-0.1, -0.05) is 17.7 Å². The van der Waals surface area contributed by atoms with Crippen molar-refractivity contribution in [2.45, 2.75) is 19.6 Å². The molecule has 2 N–H and O–H groups in total. The standard InChI is InChI=1S/C18H16ClF3N6O2/c1-10-15(19)16(18(20,21)22)26-28(10)9-14(29)23-11-4-3-5-12(8-11)24-17(30)13-6-7-27(2)25-13/h3-8H,9H2,1-2H3,(H,23,29)(H,24,30). The fourth-order valence-corrected chi connectivity index (χ4v) is 2.84. The van der Waals surface area contributed by atoms with E-state index in [0.29, 0.717) is 11.4 Å². The number of hydrogen-bond donors (Lipinski definition) is 2. The number of rotatable bonds is 5. The second-order valence-electron chi connectivity index (χ2n) is 6.36. The Labute approximate surface area is 173 Å². The lowest BCUT2D eigenvalue weighted by Crippen LogP contribution is -2.21. The molecule has 0 radical (unpaired) electrons. The summed E-state index contributed by atoms with van der Waals surface area (Å²) in [7, 11) is 1.68. The molecule has 0 bridgehead atoms. The third kappa shape index (κ3) is 4.79. The topological polar surface area (TPSA) is 93.8 Å². The minimum atomic E-state index is -4.72. The monoisotopic (exact) mass is 440 g/mol. The molecule has 0 saturated heterocycles. The Hall–Kier alpha value is -3.34. The van der Waals surface area contributed by atoms with Crippen molar-refractivity contribution in [1.82, 2.24) is 19.6 Å². The van der Waals surface area contributed by atoms with E-state index >= 15 is 0 Å². The fraction of sp³-hybridized carbons (Fsp3) is 0.222. The summed E-state index contributed by atoms with van der Waals surface area (Å²) in [6.45, 7) is 0.873. The van der Waals surface area contributed by atoms with E-state index in [0.717, 1.165) is 4.68 Å². The van der Waals surface area contributed by atoms with Gasteiger partial charge in [0.05, 0.1) is 10.7 Å². The van der Waals surface area contributed by atoms with E-state index in [4.69, 9.17) is 11.6 Å². The van der Waals surface area contributed by atoms with Gasteiger partial charge in [-0.2, -0.15) is 23.4 Å². The van der Waals surface area contributed by atoms with Gasteiger partial charge in [-0.05, 0) is 31.2 Å². The van der Waals surface area contributed by atoms with Gasteiger partial charge < -0.3 is 10.6 Å². The molecule has 3 aromatic rings. The SMILES string of the molecule is Cc1c(Cl)c(C(F)(F)F)nn1CC(=O)Nc1cccc(NC(=O)c2ccn(C)n2)c1. The minimum Gasteiger partial charge on any atom is -0.324 e. The van der Waals surface area contributed by atoms with E-state index in [9.17, 15) is 22.8 Å². The van der Waals surface area contributed by atoms with Crippen molar-refractivity contribution in [2.75, 3.05) is 10.6 Å². The second-order valence-corrected chi connectivity index (χ2v) is 6.74. The molecule has 0 unspecified atom stereocenters. The molecule has 30 heavy (non-hydrogen) atoms. The van der Waals surface area contributed by atoms with Crippen LogP contribution < -0.4 is 10.6 Å². The highest BCUT2D eigenvalue weighted by Crippen LogP contribution is 2.35. The van der Waals surface area contributed by atoms with E-state index in [1.807, 2.05) is 0 Å². The Balaban J connectivity index is 1.68. The molecule has 1 aromatic carbocycles. The average Bonchev–Trinajstić information content (AvgIpc) is 3.20. The molecular weight excluding hydrogens is 425 g/mol. The highest BCUT2D eigenvalue weighted by Gasteiger charge is 2.38. The summed E-state index contributed by atoms with van der Waals surface area (Å²) in [5.41, 5.74) is -0.255. The number of amides is 2.